The molecule has 0 radical (unpaired) electrons. The quantitative estimate of drug-likeness (QED) is 0.135. The van der Waals surface area contributed by atoms with Crippen molar-refractivity contribution >= 4 is 34.0 Å². The molecule has 1 amide bonds. The fourth-order valence-electron chi connectivity index (χ4n) is 3.06. The molecule has 0 bridgehead atoms. The van der Waals surface area contributed by atoms with Crippen molar-refractivity contribution in [2.24, 2.45) is 5.10 Å². The minimum absolute atomic E-state index is 0.0702. The van der Waals surface area contributed by atoms with Gasteiger partial charge in [-0.1, -0.05) is 30.0 Å². The highest BCUT2D eigenvalue weighted by molar-refractivity contribution is 8.00. The first-order valence-electron chi connectivity index (χ1n) is 11.0. The summed E-state index contributed by atoms with van der Waals surface area (Å²) in [5.41, 5.74) is 3.72. The van der Waals surface area contributed by atoms with Crippen LogP contribution in [-0.2, 0) is 14.9 Å². The van der Waals surface area contributed by atoms with Gasteiger partial charge in [0.1, 0.15) is 10.7 Å². The molecule has 0 fully saturated rings. The van der Waals surface area contributed by atoms with Crippen molar-refractivity contribution in [3.8, 4) is 17.2 Å². The number of hydrazone groups is 1. The summed E-state index contributed by atoms with van der Waals surface area (Å²) in [6.45, 7) is 1.69. The Labute approximate surface area is 221 Å². The van der Waals surface area contributed by atoms with Crippen LogP contribution in [0.25, 0.3) is 5.69 Å². The van der Waals surface area contributed by atoms with Crippen LogP contribution in [0, 0.1) is 5.82 Å². The predicted octanol–water partition coefficient (Wildman–Crippen LogP) is 3.21. The number of hydrogen-bond acceptors (Lipinski definition) is 10. The Morgan fingerprint density at radius 1 is 1.11 bits per heavy atom. The van der Waals surface area contributed by atoms with Crippen molar-refractivity contribution in [2.45, 2.75) is 22.2 Å². The van der Waals surface area contributed by atoms with Crippen molar-refractivity contribution in [3.63, 3.8) is 0 Å². The summed E-state index contributed by atoms with van der Waals surface area (Å²) in [7, 11) is -2.87. The van der Waals surface area contributed by atoms with E-state index in [1.165, 1.54) is 36.2 Å². The minimum atomic E-state index is -4.21. The number of methoxy groups -OCH3 is 1. The van der Waals surface area contributed by atoms with E-state index >= 15 is 0 Å². The minimum Gasteiger partial charge on any atom is -0.493 e. The maximum atomic E-state index is 13.1. The predicted molar refractivity (Wildman–Crippen MR) is 137 cm³/mol. The summed E-state index contributed by atoms with van der Waals surface area (Å²) in [6, 6.07) is 17.9. The summed E-state index contributed by atoms with van der Waals surface area (Å²) >= 11 is 1.16. The van der Waals surface area contributed by atoms with Crippen LogP contribution in [0.4, 0.5) is 4.39 Å². The molecule has 4 aromatic rings. The Kier molecular flexibility index (Phi) is 8.33. The lowest BCUT2D eigenvalue weighted by molar-refractivity contribution is -0.120. The fraction of sp³-hybridized carbons (Fsp3) is 0.125. The van der Waals surface area contributed by atoms with Gasteiger partial charge >= 0.3 is 10.1 Å². The van der Waals surface area contributed by atoms with Crippen molar-refractivity contribution in [3.05, 3.63) is 84.2 Å². The molecule has 11 nitrogen and oxygen atoms in total. The van der Waals surface area contributed by atoms with Crippen molar-refractivity contribution < 1.29 is 26.5 Å². The number of halogens is 1. The molecule has 1 aromatic heterocycles. The molecule has 0 saturated heterocycles. The molecule has 0 aliphatic heterocycles. The van der Waals surface area contributed by atoms with Gasteiger partial charge in [-0.3, -0.25) is 4.79 Å². The van der Waals surface area contributed by atoms with E-state index in [9.17, 15) is 17.6 Å². The largest absolute Gasteiger partial charge is 0.493 e. The van der Waals surface area contributed by atoms with Gasteiger partial charge in [0, 0.05) is 0 Å². The maximum Gasteiger partial charge on any atom is 0.339 e. The highest BCUT2D eigenvalue weighted by Crippen LogP contribution is 2.30. The number of ether oxygens (including phenoxy) is 1. The summed E-state index contributed by atoms with van der Waals surface area (Å²) in [5, 5.41) is 15.5. The van der Waals surface area contributed by atoms with Crippen molar-refractivity contribution in [1.29, 1.82) is 0 Å². The lowest BCUT2D eigenvalue weighted by Gasteiger charge is -2.11. The van der Waals surface area contributed by atoms with Crippen LogP contribution in [0.2, 0.25) is 0 Å². The van der Waals surface area contributed by atoms with Crippen molar-refractivity contribution in [2.75, 3.05) is 7.11 Å². The molecule has 196 valence electrons. The number of hydrogen-bond donors (Lipinski definition) is 1. The van der Waals surface area contributed by atoms with Crippen LogP contribution in [0.1, 0.15) is 12.5 Å². The van der Waals surface area contributed by atoms with Crippen LogP contribution in [-0.4, -0.2) is 53.1 Å². The number of carbonyl (C=O) groups is 1. The van der Waals surface area contributed by atoms with Gasteiger partial charge in [-0.05, 0) is 77.5 Å². The third-order valence-electron chi connectivity index (χ3n) is 4.97. The molecule has 14 heteroatoms. The Balaban J connectivity index is 1.38. The number of aromatic nitrogens is 4. The molecular weight excluding hydrogens is 535 g/mol. The molecule has 0 unspecified atom stereocenters. The van der Waals surface area contributed by atoms with Gasteiger partial charge in [0.2, 0.25) is 5.16 Å². The summed E-state index contributed by atoms with van der Waals surface area (Å²) in [6.07, 6.45) is 1.37. The number of nitrogens with one attached hydrogen (secondary N) is 1. The second-order valence-corrected chi connectivity index (χ2v) is 10.5. The number of para-hydroxylation sites is 1. The maximum absolute atomic E-state index is 13.1. The van der Waals surface area contributed by atoms with E-state index in [1.54, 1.807) is 6.92 Å². The average Bonchev–Trinajstić information content (AvgIpc) is 3.38. The third-order valence-corrected chi connectivity index (χ3v) is 7.25. The van der Waals surface area contributed by atoms with Gasteiger partial charge in [0.05, 0.1) is 24.3 Å². The van der Waals surface area contributed by atoms with E-state index < -0.39 is 21.2 Å². The van der Waals surface area contributed by atoms with Crippen LogP contribution in [0.15, 0.2) is 87.9 Å². The molecule has 0 spiro atoms. The Morgan fingerprint density at radius 3 is 2.55 bits per heavy atom. The van der Waals surface area contributed by atoms with Gasteiger partial charge in [-0.15, -0.1) is 5.10 Å². The number of rotatable bonds is 10. The monoisotopic (exact) mass is 556 g/mol. The smallest absolute Gasteiger partial charge is 0.339 e. The topological polar surface area (TPSA) is 138 Å². The van der Waals surface area contributed by atoms with E-state index in [4.69, 9.17) is 8.92 Å². The van der Waals surface area contributed by atoms with Crippen LogP contribution >= 0.6 is 11.8 Å². The van der Waals surface area contributed by atoms with E-state index in [2.05, 4.69) is 26.1 Å². The molecule has 1 heterocycles. The van der Waals surface area contributed by atoms with E-state index in [-0.39, 0.29) is 22.3 Å². The number of benzene rings is 3. The second-order valence-electron chi connectivity index (χ2n) is 7.60. The Bertz CT molecular complexity index is 1550. The molecule has 4 rings (SSSR count). The first-order chi connectivity index (χ1) is 18.3. The van der Waals surface area contributed by atoms with Crippen LogP contribution in [0.3, 0.4) is 0 Å². The molecule has 0 saturated carbocycles. The SMILES string of the molecule is COc1cc(C=NNC(=O)[C@@H](C)Sc2nnnn2-c2ccccc2)ccc1OS(=O)(=O)c1ccc(F)cc1. The number of tetrazole rings is 1. The normalized spacial score (nSPS) is 12.3. The Morgan fingerprint density at radius 2 is 1.84 bits per heavy atom. The van der Waals surface area contributed by atoms with Crippen LogP contribution in [0.5, 0.6) is 11.5 Å². The summed E-state index contributed by atoms with van der Waals surface area (Å²) in [5.74, 6) is -0.911. The fourth-order valence-corrected chi connectivity index (χ4v) is 4.80. The second kappa shape index (κ2) is 11.8. The Hall–Kier alpha value is -4.30. The van der Waals surface area contributed by atoms with Crippen molar-refractivity contribution in [1.82, 2.24) is 25.6 Å². The van der Waals surface area contributed by atoms with E-state index in [0.29, 0.717) is 10.7 Å². The molecular formula is C24H21FN6O5S2. The van der Waals surface area contributed by atoms with Gasteiger partial charge in [0.25, 0.3) is 5.91 Å². The lowest BCUT2D eigenvalue weighted by atomic mass is 10.2. The first-order valence-corrected chi connectivity index (χ1v) is 13.3. The van der Waals surface area contributed by atoms with Gasteiger partial charge < -0.3 is 8.92 Å². The number of thioether (sulfide) groups is 1. The molecule has 3 aromatic carbocycles. The number of amides is 1. The zero-order valence-electron chi connectivity index (χ0n) is 20.1. The highest BCUT2D eigenvalue weighted by atomic mass is 32.2. The highest BCUT2D eigenvalue weighted by Gasteiger charge is 2.20. The average molecular weight is 557 g/mol. The molecule has 0 aliphatic carbocycles. The molecule has 38 heavy (non-hydrogen) atoms. The summed E-state index contributed by atoms with van der Waals surface area (Å²) in [4.78, 5) is 12.3. The lowest BCUT2D eigenvalue weighted by Crippen LogP contribution is -2.27. The zero-order chi connectivity index (χ0) is 27.1. The first kappa shape index (κ1) is 26.8. The molecule has 1 N–H and O–H groups in total. The standard InChI is InChI=1S/C24H21FN6O5S2/c1-16(37-24-28-29-30-31(24)19-6-4-3-5-7-19)23(32)27-26-15-17-8-13-21(22(14-17)35-2)36-38(33,34)20-11-9-18(25)10-12-20/h3-16H,1-2H3,(H,27,32)/t16-/m1/s1. The number of carbonyl (C=O) groups excluding carboxylic acids is 1. The molecule has 1 atom stereocenters. The van der Waals surface area contributed by atoms with Gasteiger partial charge in [-0.25, -0.2) is 9.82 Å². The van der Waals surface area contributed by atoms with E-state index in [1.807, 2.05) is 30.3 Å². The van der Waals surface area contributed by atoms with Gasteiger partial charge in [0.15, 0.2) is 11.5 Å². The van der Waals surface area contributed by atoms with E-state index in [0.717, 1.165) is 41.7 Å². The third kappa shape index (κ3) is 6.52. The molecule has 0 aliphatic rings. The summed E-state index contributed by atoms with van der Waals surface area (Å²) < 4.78 is 50.1. The van der Waals surface area contributed by atoms with Gasteiger partial charge in [-0.2, -0.15) is 18.2 Å². The number of nitrogens with zero attached hydrogens (tertiary/aromatic N) is 5. The van der Waals surface area contributed by atoms with Crippen LogP contribution < -0.4 is 14.3 Å². The zero-order valence-corrected chi connectivity index (χ0v) is 21.7.